The van der Waals surface area contributed by atoms with Crippen LogP contribution < -0.4 is 0 Å². The minimum atomic E-state index is -0.480. The summed E-state index contributed by atoms with van der Waals surface area (Å²) in [5, 5.41) is 25.6. The van der Waals surface area contributed by atoms with Gasteiger partial charge < -0.3 is 9.25 Å². The van der Waals surface area contributed by atoms with Crippen LogP contribution in [-0.2, 0) is 11.4 Å². The summed E-state index contributed by atoms with van der Waals surface area (Å²) in [7, 11) is 0. The highest BCUT2D eigenvalue weighted by atomic mass is 16.6. The van der Waals surface area contributed by atoms with E-state index >= 15 is 0 Å². The smallest absolute Gasteiger partial charge is 0.273 e. The van der Waals surface area contributed by atoms with Gasteiger partial charge in [-0.05, 0) is 24.6 Å². The first-order chi connectivity index (χ1) is 13.4. The molecule has 2 aromatic carbocycles. The zero-order chi connectivity index (χ0) is 20.1. The van der Waals surface area contributed by atoms with Crippen LogP contribution in [-0.4, -0.2) is 16.1 Å². The van der Waals surface area contributed by atoms with E-state index in [2.05, 4.69) is 5.16 Å². The molecule has 1 aromatic heterocycles. The fourth-order valence-electron chi connectivity index (χ4n) is 2.50. The van der Waals surface area contributed by atoms with Crippen LogP contribution >= 0.6 is 0 Å². The number of aryl methyl sites for hydroxylation is 1. The van der Waals surface area contributed by atoms with Crippen LogP contribution in [0.4, 0.5) is 11.4 Å². The third-order valence-corrected chi connectivity index (χ3v) is 3.92. The summed E-state index contributed by atoms with van der Waals surface area (Å²) in [6.07, 6.45) is 1.35. The van der Waals surface area contributed by atoms with Crippen LogP contribution in [0.5, 0.6) is 0 Å². The lowest BCUT2D eigenvalue weighted by atomic mass is 10.1. The summed E-state index contributed by atoms with van der Waals surface area (Å²) in [6, 6.07) is 14.2. The van der Waals surface area contributed by atoms with Gasteiger partial charge in [0.2, 0.25) is 0 Å². The fraction of sp³-hybridized carbons (Fsp3) is 0.105. The Morgan fingerprint density at radius 1 is 1.07 bits per heavy atom. The van der Waals surface area contributed by atoms with Crippen LogP contribution in [0.2, 0.25) is 0 Å². The summed E-state index contributed by atoms with van der Waals surface area (Å²) in [6.45, 7) is 1.73. The second-order valence-corrected chi connectivity index (χ2v) is 5.90. The summed E-state index contributed by atoms with van der Waals surface area (Å²) < 4.78 is 5.61. The molecule has 0 atom stereocenters. The highest BCUT2D eigenvalue weighted by molar-refractivity contribution is 5.77. The molecule has 0 radical (unpaired) electrons. The number of non-ortho nitro benzene ring substituents is 1. The summed E-state index contributed by atoms with van der Waals surface area (Å²) in [5.41, 5.74) is 1.75. The van der Waals surface area contributed by atoms with Crippen molar-refractivity contribution in [1.82, 2.24) is 0 Å². The SMILES string of the molecule is Cc1ccc(-c2ccc(/C=N\OCc3cccc([N+](=O)[O-])c3)o2)cc1[N+](=O)[O-]. The number of nitro benzene ring substituents is 2. The molecule has 0 aliphatic heterocycles. The van der Waals surface area contributed by atoms with Gasteiger partial charge >= 0.3 is 0 Å². The number of furan rings is 1. The van der Waals surface area contributed by atoms with Gasteiger partial charge in [0.05, 0.1) is 9.85 Å². The molecule has 0 N–H and O–H groups in total. The number of benzene rings is 2. The van der Waals surface area contributed by atoms with E-state index in [9.17, 15) is 20.2 Å². The van der Waals surface area contributed by atoms with E-state index in [1.165, 1.54) is 24.4 Å². The average Bonchev–Trinajstić information content (AvgIpc) is 3.14. The zero-order valence-corrected chi connectivity index (χ0v) is 14.8. The van der Waals surface area contributed by atoms with Gasteiger partial charge in [-0.25, -0.2) is 0 Å². The van der Waals surface area contributed by atoms with Crippen LogP contribution in [0.25, 0.3) is 11.3 Å². The Morgan fingerprint density at radius 2 is 1.89 bits per heavy atom. The quantitative estimate of drug-likeness (QED) is 0.334. The van der Waals surface area contributed by atoms with Crippen molar-refractivity contribution >= 4 is 17.6 Å². The molecule has 9 heteroatoms. The highest BCUT2D eigenvalue weighted by Crippen LogP contribution is 2.28. The Morgan fingerprint density at radius 3 is 2.64 bits per heavy atom. The third kappa shape index (κ3) is 4.39. The van der Waals surface area contributed by atoms with Gasteiger partial charge in [0.1, 0.15) is 24.3 Å². The first kappa shape index (κ1) is 18.8. The molecule has 0 spiro atoms. The van der Waals surface area contributed by atoms with Gasteiger partial charge in [-0.3, -0.25) is 20.2 Å². The van der Waals surface area contributed by atoms with Crippen LogP contribution in [0.3, 0.4) is 0 Å². The minimum absolute atomic E-state index is 0.0180. The first-order valence-electron chi connectivity index (χ1n) is 8.18. The van der Waals surface area contributed by atoms with Crippen molar-refractivity contribution < 1.29 is 19.1 Å². The third-order valence-electron chi connectivity index (χ3n) is 3.92. The van der Waals surface area contributed by atoms with E-state index in [0.29, 0.717) is 28.2 Å². The number of hydrogen-bond acceptors (Lipinski definition) is 7. The zero-order valence-electron chi connectivity index (χ0n) is 14.8. The van der Waals surface area contributed by atoms with Gasteiger partial charge in [-0.1, -0.05) is 29.4 Å². The average molecular weight is 381 g/mol. The molecular weight excluding hydrogens is 366 g/mol. The number of rotatable bonds is 7. The second kappa shape index (κ2) is 8.12. The van der Waals surface area contributed by atoms with Gasteiger partial charge in [0.15, 0.2) is 0 Å². The van der Waals surface area contributed by atoms with Crippen LogP contribution in [0.1, 0.15) is 16.9 Å². The van der Waals surface area contributed by atoms with E-state index in [4.69, 9.17) is 9.25 Å². The van der Waals surface area contributed by atoms with Gasteiger partial charge in [-0.2, -0.15) is 0 Å². The van der Waals surface area contributed by atoms with Crippen LogP contribution in [0.15, 0.2) is 64.2 Å². The summed E-state index contributed by atoms with van der Waals surface area (Å²) in [5.74, 6) is 0.862. The Bertz CT molecular complexity index is 1060. The molecular formula is C19H15N3O6. The van der Waals surface area contributed by atoms with Crippen molar-refractivity contribution in [1.29, 1.82) is 0 Å². The van der Waals surface area contributed by atoms with E-state index in [0.717, 1.165) is 0 Å². The maximum Gasteiger partial charge on any atom is 0.273 e. The summed E-state index contributed by atoms with van der Waals surface area (Å²) in [4.78, 5) is 26.0. The molecule has 1 heterocycles. The van der Waals surface area contributed by atoms with Gasteiger partial charge in [0, 0.05) is 29.3 Å². The van der Waals surface area contributed by atoms with Crippen LogP contribution in [0, 0.1) is 27.2 Å². The lowest BCUT2D eigenvalue weighted by Gasteiger charge is -2.00. The van der Waals surface area contributed by atoms with Crippen molar-refractivity contribution in [2.75, 3.05) is 0 Å². The lowest BCUT2D eigenvalue weighted by Crippen LogP contribution is -1.92. The van der Waals surface area contributed by atoms with E-state index in [1.54, 1.807) is 43.3 Å². The number of oxime groups is 1. The van der Waals surface area contributed by atoms with Crippen molar-refractivity contribution in [2.45, 2.75) is 13.5 Å². The van der Waals surface area contributed by atoms with Crippen molar-refractivity contribution in [3.63, 3.8) is 0 Å². The minimum Gasteiger partial charge on any atom is -0.455 e. The molecule has 0 amide bonds. The highest BCUT2D eigenvalue weighted by Gasteiger charge is 2.13. The van der Waals surface area contributed by atoms with Crippen molar-refractivity contribution in [3.05, 3.63) is 91.7 Å². The normalized spacial score (nSPS) is 10.9. The molecule has 0 saturated heterocycles. The molecule has 3 rings (SSSR count). The predicted molar refractivity (Wildman–Crippen MR) is 101 cm³/mol. The number of hydrogen-bond donors (Lipinski definition) is 0. The first-order valence-corrected chi connectivity index (χ1v) is 8.18. The van der Waals surface area contributed by atoms with Gasteiger partial charge in [-0.15, -0.1) is 0 Å². The summed E-state index contributed by atoms with van der Waals surface area (Å²) >= 11 is 0. The molecule has 0 fully saturated rings. The van der Waals surface area contributed by atoms with Gasteiger partial charge in [0.25, 0.3) is 11.4 Å². The molecule has 142 valence electrons. The maximum atomic E-state index is 11.1. The Labute approximate surface area is 159 Å². The van der Waals surface area contributed by atoms with Crippen molar-refractivity contribution in [3.8, 4) is 11.3 Å². The molecule has 0 bridgehead atoms. The number of nitro groups is 2. The second-order valence-electron chi connectivity index (χ2n) is 5.90. The topological polar surface area (TPSA) is 121 Å². The number of nitrogens with zero attached hydrogens (tertiary/aromatic N) is 3. The predicted octanol–water partition coefficient (Wildman–Crippen LogP) is 4.62. The molecule has 0 unspecified atom stereocenters. The molecule has 0 aliphatic carbocycles. The standard InChI is InChI=1S/C19H15N3O6/c1-13-5-6-15(10-18(13)22(25)26)19-8-7-17(28-19)11-20-27-12-14-3-2-4-16(9-14)21(23)24/h2-11H,12H2,1H3/b20-11-. The largest absolute Gasteiger partial charge is 0.455 e. The van der Waals surface area contributed by atoms with E-state index < -0.39 is 9.85 Å². The molecule has 28 heavy (non-hydrogen) atoms. The van der Waals surface area contributed by atoms with E-state index in [-0.39, 0.29) is 18.0 Å². The molecule has 9 nitrogen and oxygen atoms in total. The Balaban J connectivity index is 1.65. The maximum absolute atomic E-state index is 11.1. The molecule has 3 aromatic rings. The fourth-order valence-corrected chi connectivity index (χ4v) is 2.50. The Kier molecular flexibility index (Phi) is 5.45. The molecule has 0 saturated carbocycles. The monoisotopic (exact) mass is 381 g/mol. The van der Waals surface area contributed by atoms with E-state index in [1.807, 2.05) is 0 Å². The lowest BCUT2D eigenvalue weighted by molar-refractivity contribution is -0.385. The van der Waals surface area contributed by atoms with Crippen molar-refractivity contribution in [2.24, 2.45) is 5.16 Å². The Hall–Kier alpha value is -4.01. The molecule has 0 aliphatic rings.